The highest BCUT2D eigenvalue weighted by molar-refractivity contribution is 8.18. The second-order valence-electron chi connectivity index (χ2n) is 6.02. The summed E-state index contributed by atoms with van der Waals surface area (Å²) in [6.07, 6.45) is 7.98. The number of methoxy groups -OCH3 is 1. The Morgan fingerprint density at radius 3 is 2.78 bits per heavy atom. The van der Waals surface area contributed by atoms with E-state index in [1.54, 1.807) is 7.11 Å². The maximum Gasteiger partial charge on any atom is 0.264 e. The van der Waals surface area contributed by atoms with Crippen molar-refractivity contribution in [2.45, 2.75) is 45.1 Å². The number of ether oxygens (including phenoxy) is 1. The molecule has 3 rings (SSSR count). The van der Waals surface area contributed by atoms with Crippen molar-refractivity contribution in [1.82, 2.24) is 5.32 Å². The first-order valence-corrected chi connectivity index (χ1v) is 8.90. The monoisotopic (exact) mass is 330 g/mol. The van der Waals surface area contributed by atoms with Crippen LogP contribution in [0.15, 0.2) is 28.1 Å². The van der Waals surface area contributed by atoms with E-state index >= 15 is 0 Å². The van der Waals surface area contributed by atoms with Crippen LogP contribution in [-0.2, 0) is 4.79 Å². The first-order valence-electron chi connectivity index (χ1n) is 8.09. The molecule has 1 amide bonds. The Hall–Kier alpha value is -1.75. The zero-order valence-electron chi connectivity index (χ0n) is 13.6. The minimum absolute atomic E-state index is 0.0574. The van der Waals surface area contributed by atoms with E-state index in [-0.39, 0.29) is 5.91 Å². The van der Waals surface area contributed by atoms with Gasteiger partial charge in [-0.05, 0) is 60.9 Å². The fraction of sp³-hybridized carbons (Fsp3) is 0.444. The molecule has 0 unspecified atom stereocenters. The summed E-state index contributed by atoms with van der Waals surface area (Å²) in [6, 6.07) is 6.28. The third-order valence-corrected chi connectivity index (χ3v) is 5.17. The third kappa shape index (κ3) is 3.96. The zero-order chi connectivity index (χ0) is 16.2. The van der Waals surface area contributed by atoms with E-state index < -0.39 is 0 Å². The van der Waals surface area contributed by atoms with Crippen LogP contribution in [0, 0.1) is 6.92 Å². The number of amides is 1. The molecule has 0 spiro atoms. The molecule has 0 aromatic heterocycles. The lowest BCUT2D eigenvalue weighted by atomic mass is 9.96. The molecule has 1 aliphatic carbocycles. The van der Waals surface area contributed by atoms with Crippen molar-refractivity contribution >= 4 is 28.9 Å². The van der Waals surface area contributed by atoms with Crippen molar-refractivity contribution in [3.8, 4) is 5.75 Å². The van der Waals surface area contributed by atoms with Crippen LogP contribution >= 0.6 is 11.8 Å². The number of amidine groups is 1. The number of carbonyl (C=O) groups excluding carboxylic acids is 1. The zero-order valence-corrected chi connectivity index (χ0v) is 14.4. The van der Waals surface area contributed by atoms with Crippen LogP contribution in [0.4, 0.5) is 0 Å². The number of aliphatic imine (C=N–C) groups is 1. The molecular weight excluding hydrogens is 308 g/mol. The topological polar surface area (TPSA) is 50.7 Å². The number of nitrogens with zero attached hydrogens (tertiary/aromatic N) is 1. The van der Waals surface area contributed by atoms with Crippen LogP contribution in [0.25, 0.3) is 6.08 Å². The smallest absolute Gasteiger partial charge is 0.264 e. The summed E-state index contributed by atoms with van der Waals surface area (Å²) in [6.45, 7) is 2.00. The van der Waals surface area contributed by atoms with Gasteiger partial charge in [0.05, 0.1) is 18.1 Å². The number of rotatable bonds is 3. The minimum Gasteiger partial charge on any atom is -0.496 e. The summed E-state index contributed by atoms with van der Waals surface area (Å²) in [5, 5.41) is 3.64. The van der Waals surface area contributed by atoms with Crippen LogP contribution < -0.4 is 10.1 Å². The van der Waals surface area contributed by atoms with Gasteiger partial charge in [0.1, 0.15) is 5.75 Å². The molecular formula is C18H22N2O2S. The predicted octanol–water partition coefficient (Wildman–Crippen LogP) is 3.90. The number of hydrogen-bond acceptors (Lipinski definition) is 4. The van der Waals surface area contributed by atoms with E-state index in [9.17, 15) is 4.79 Å². The highest BCUT2D eigenvalue weighted by Gasteiger charge is 2.25. The van der Waals surface area contributed by atoms with Crippen LogP contribution in [0.1, 0.15) is 43.2 Å². The maximum absolute atomic E-state index is 12.1. The molecule has 23 heavy (non-hydrogen) atoms. The molecule has 122 valence electrons. The Labute approximate surface area is 141 Å². The molecule has 1 saturated heterocycles. The molecule has 0 bridgehead atoms. The first kappa shape index (κ1) is 16.1. The number of hydrogen-bond donors (Lipinski definition) is 1. The summed E-state index contributed by atoms with van der Waals surface area (Å²) in [7, 11) is 1.66. The Bertz CT molecular complexity index is 661. The molecule has 0 atom stereocenters. The quantitative estimate of drug-likeness (QED) is 0.855. The summed E-state index contributed by atoms with van der Waals surface area (Å²) in [5.41, 5.74) is 2.06. The maximum atomic E-state index is 12.1. The van der Waals surface area contributed by atoms with Gasteiger partial charge in [0.15, 0.2) is 5.17 Å². The normalized spacial score (nSPS) is 22.6. The standard InChI is InChI=1S/C18H22N2O2S/c1-12-10-13(8-9-15(12)22-2)11-16-17(21)20-18(23-16)19-14-6-4-3-5-7-14/h8-11,14H,3-7H2,1-2H3,(H,19,20,21). The summed E-state index contributed by atoms with van der Waals surface area (Å²) >= 11 is 1.44. The lowest BCUT2D eigenvalue weighted by Crippen LogP contribution is -2.22. The Morgan fingerprint density at radius 1 is 1.30 bits per heavy atom. The van der Waals surface area contributed by atoms with E-state index in [0.717, 1.165) is 34.9 Å². The number of carbonyl (C=O) groups is 1. The molecule has 1 aromatic carbocycles. The molecule has 1 aromatic rings. The van der Waals surface area contributed by atoms with Crippen LogP contribution in [-0.4, -0.2) is 24.2 Å². The van der Waals surface area contributed by atoms with E-state index in [1.807, 2.05) is 31.2 Å². The molecule has 1 heterocycles. The molecule has 1 aliphatic heterocycles. The van der Waals surface area contributed by atoms with Gasteiger partial charge in [0, 0.05) is 0 Å². The summed E-state index contributed by atoms with van der Waals surface area (Å²) in [5.74, 6) is 0.799. The number of benzene rings is 1. The first-order chi connectivity index (χ1) is 11.2. The molecule has 2 fully saturated rings. The number of aryl methyl sites for hydroxylation is 1. The molecule has 1 saturated carbocycles. The van der Waals surface area contributed by atoms with E-state index in [4.69, 9.17) is 9.73 Å². The molecule has 2 aliphatic rings. The van der Waals surface area contributed by atoms with E-state index in [1.165, 1.54) is 31.0 Å². The van der Waals surface area contributed by atoms with Gasteiger partial charge < -0.3 is 10.1 Å². The fourth-order valence-corrected chi connectivity index (χ4v) is 3.90. The Morgan fingerprint density at radius 2 is 2.09 bits per heavy atom. The van der Waals surface area contributed by atoms with Gasteiger partial charge in [0.2, 0.25) is 0 Å². The van der Waals surface area contributed by atoms with Crippen LogP contribution in [0.2, 0.25) is 0 Å². The van der Waals surface area contributed by atoms with E-state index in [2.05, 4.69) is 5.32 Å². The van der Waals surface area contributed by atoms with Crippen LogP contribution in [0.3, 0.4) is 0 Å². The second kappa shape index (κ2) is 7.21. The van der Waals surface area contributed by atoms with Crippen molar-refractivity contribution in [3.05, 3.63) is 34.2 Å². The SMILES string of the molecule is COc1ccc(C=C2SC(=NC3CCCCC3)NC2=O)cc1C. The van der Waals surface area contributed by atoms with Gasteiger partial charge in [0.25, 0.3) is 5.91 Å². The predicted molar refractivity (Wildman–Crippen MR) is 95.7 cm³/mol. The molecule has 0 radical (unpaired) electrons. The molecule has 4 nitrogen and oxygen atoms in total. The fourth-order valence-electron chi connectivity index (χ4n) is 3.01. The third-order valence-electron chi connectivity index (χ3n) is 4.24. The second-order valence-corrected chi connectivity index (χ2v) is 7.05. The van der Waals surface area contributed by atoms with Gasteiger partial charge in [-0.25, -0.2) is 0 Å². The Kier molecular flexibility index (Phi) is 5.06. The molecule has 1 N–H and O–H groups in total. The van der Waals surface area contributed by atoms with Gasteiger partial charge >= 0.3 is 0 Å². The average Bonchev–Trinajstić information content (AvgIpc) is 2.88. The Balaban J connectivity index is 1.74. The average molecular weight is 330 g/mol. The lowest BCUT2D eigenvalue weighted by Gasteiger charge is -2.17. The van der Waals surface area contributed by atoms with Gasteiger partial charge in [-0.15, -0.1) is 0 Å². The van der Waals surface area contributed by atoms with Crippen LogP contribution in [0.5, 0.6) is 5.75 Å². The highest BCUT2D eigenvalue weighted by atomic mass is 32.2. The largest absolute Gasteiger partial charge is 0.496 e. The van der Waals surface area contributed by atoms with Crippen molar-refractivity contribution in [3.63, 3.8) is 0 Å². The van der Waals surface area contributed by atoms with Gasteiger partial charge in [-0.2, -0.15) is 0 Å². The highest BCUT2D eigenvalue weighted by Crippen LogP contribution is 2.29. The molecule has 5 heteroatoms. The van der Waals surface area contributed by atoms with Crippen molar-refractivity contribution in [1.29, 1.82) is 0 Å². The summed E-state index contributed by atoms with van der Waals surface area (Å²) in [4.78, 5) is 17.5. The minimum atomic E-state index is -0.0574. The van der Waals surface area contributed by atoms with Gasteiger partial charge in [-0.1, -0.05) is 25.3 Å². The number of nitrogens with one attached hydrogen (secondary N) is 1. The number of thioether (sulfide) groups is 1. The lowest BCUT2D eigenvalue weighted by molar-refractivity contribution is -0.115. The van der Waals surface area contributed by atoms with Gasteiger partial charge in [-0.3, -0.25) is 9.79 Å². The van der Waals surface area contributed by atoms with Crippen molar-refractivity contribution in [2.75, 3.05) is 7.11 Å². The van der Waals surface area contributed by atoms with E-state index in [0.29, 0.717) is 10.9 Å². The van der Waals surface area contributed by atoms with Crippen molar-refractivity contribution < 1.29 is 9.53 Å². The van der Waals surface area contributed by atoms with Crippen molar-refractivity contribution in [2.24, 2.45) is 4.99 Å². The summed E-state index contributed by atoms with van der Waals surface area (Å²) < 4.78 is 5.27.